The van der Waals surface area contributed by atoms with Crippen LogP contribution in [0.3, 0.4) is 0 Å². The number of aromatic nitrogens is 4. The van der Waals surface area contributed by atoms with Crippen LogP contribution in [-0.2, 0) is 6.42 Å². The van der Waals surface area contributed by atoms with Crippen LogP contribution >= 0.6 is 0 Å². The normalized spacial score (nSPS) is 10.9. The molecule has 0 radical (unpaired) electrons. The number of aryl methyl sites for hydroxylation is 1. The zero-order valence-electron chi connectivity index (χ0n) is 13.0. The van der Waals surface area contributed by atoms with E-state index in [0.717, 1.165) is 22.4 Å². The number of nitrogens with zero attached hydrogens (tertiary/aromatic N) is 4. The van der Waals surface area contributed by atoms with Gasteiger partial charge in [0.2, 0.25) is 11.7 Å². The molecule has 0 unspecified atom stereocenters. The smallest absolute Gasteiger partial charge is 0.223 e. The van der Waals surface area contributed by atoms with E-state index in [1.807, 2.05) is 54.6 Å². The van der Waals surface area contributed by atoms with Crippen molar-refractivity contribution in [2.75, 3.05) is 0 Å². The minimum atomic E-state index is 0.551. The first-order valence-electron chi connectivity index (χ1n) is 7.56. The molecule has 0 spiro atoms. The maximum absolute atomic E-state index is 5.33. The fourth-order valence-electron chi connectivity index (χ4n) is 2.51. The van der Waals surface area contributed by atoms with Crippen molar-refractivity contribution in [1.82, 2.24) is 20.5 Å². The molecule has 6 heteroatoms. The van der Waals surface area contributed by atoms with E-state index in [0.29, 0.717) is 23.9 Å². The summed E-state index contributed by atoms with van der Waals surface area (Å²) >= 11 is 0. The van der Waals surface area contributed by atoms with Gasteiger partial charge in [-0.1, -0.05) is 59.8 Å². The zero-order valence-corrected chi connectivity index (χ0v) is 13.0. The summed E-state index contributed by atoms with van der Waals surface area (Å²) in [6, 6.07) is 17.8. The van der Waals surface area contributed by atoms with Crippen LogP contribution < -0.4 is 0 Å². The summed E-state index contributed by atoms with van der Waals surface area (Å²) in [5.41, 5.74) is 3.80. The van der Waals surface area contributed by atoms with Crippen LogP contribution in [0, 0.1) is 6.92 Å². The molecule has 4 aromatic rings. The second-order valence-corrected chi connectivity index (χ2v) is 5.43. The van der Waals surface area contributed by atoms with Gasteiger partial charge in [-0.25, -0.2) is 0 Å². The molecule has 0 amide bonds. The van der Waals surface area contributed by atoms with Gasteiger partial charge in [-0.2, -0.15) is 4.98 Å². The molecular formula is C18H14N4O2. The van der Waals surface area contributed by atoms with Gasteiger partial charge in [0.25, 0.3) is 0 Å². The zero-order chi connectivity index (χ0) is 16.4. The van der Waals surface area contributed by atoms with Crippen LogP contribution in [0.1, 0.15) is 17.1 Å². The highest BCUT2D eigenvalue weighted by atomic mass is 16.5. The van der Waals surface area contributed by atoms with Crippen LogP contribution in [0.5, 0.6) is 0 Å². The third-order valence-electron chi connectivity index (χ3n) is 3.70. The summed E-state index contributed by atoms with van der Waals surface area (Å²) in [4.78, 5) is 4.22. The van der Waals surface area contributed by atoms with Crippen molar-refractivity contribution in [3.8, 4) is 22.7 Å². The highest BCUT2D eigenvalue weighted by Gasteiger charge is 2.13. The lowest BCUT2D eigenvalue weighted by atomic mass is 10.0. The fourth-order valence-corrected chi connectivity index (χ4v) is 2.51. The Kier molecular flexibility index (Phi) is 3.63. The molecule has 0 saturated carbocycles. The molecule has 0 fully saturated rings. The van der Waals surface area contributed by atoms with Gasteiger partial charge < -0.3 is 9.05 Å². The maximum atomic E-state index is 5.33. The summed E-state index contributed by atoms with van der Waals surface area (Å²) in [5.74, 6) is 1.84. The van der Waals surface area contributed by atoms with E-state index < -0.39 is 0 Å². The fraction of sp³-hybridized carbons (Fsp3) is 0.111. The quantitative estimate of drug-likeness (QED) is 0.571. The van der Waals surface area contributed by atoms with Crippen LogP contribution in [0.25, 0.3) is 22.7 Å². The third kappa shape index (κ3) is 2.81. The van der Waals surface area contributed by atoms with E-state index in [-0.39, 0.29) is 0 Å². The lowest BCUT2D eigenvalue weighted by Gasteiger charge is -2.02. The molecular weight excluding hydrogens is 304 g/mol. The summed E-state index contributed by atoms with van der Waals surface area (Å²) in [5, 5.41) is 11.7. The van der Waals surface area contributed by atoms with E-state index in [9.17, 15) is 0 Å². The van der Waals surface area contributed by atoms with Gasteiger partial charge in [-0.3, -0.25) is 0 Å². The highest BCUT2D eigenvalue weighted by molar-refractivity contribution is 5.60. The monoisotopic (exact) mass is 318 g/mol. The molecule has 0 saturated heterocycles. The molecule has 2 heterocycles. The Labute approximate surface area is 138 Å². The minimum Gasteiger partial charge on any atom is -0.339 e. The maximum Gasteiger partial charge on any atom is 0.223 e. The molecule has 118 valence electrons. The Morgan fingerprint density at radius 3 is 2.38 bits per heavy atom. The van der Waals surface area contributed by atoms with Gasteiger partial charge in [0, 0.05) is 29.7 Å². The first-order valence-corrected chi connectivity index (χ1v) is 7.56. The largest absolute Gasteiger partial charge is 0.339 e. The molecule has 2 aromatic heterocycles. The number of benzene rings is 2. The van der Waals surface area contributed by atoms with Crippen molar-refractivity contribution >= 4 is 0 Å². The van der Waals surface area contributed by atoms with E-state index in [4.69, 9.17) is 9.05 Å². The molecule has 0 aliphatic rings. The molecule has 0 aliphatic carbocycles. The van der Waals surface area contributed by atoms with Crippen molar-refractivity contribution in [2.24, 2.45) is 0 Å². The summed E-state index contributed by atoms with van der Waals surface area (Å²) in [6.45, 7) is 1.77. The van der Waals surface area contributed by atoms with Crippen molar-refractivity contribution < 1.29 is 9.05 Å². The summed E-state index contributed by atoms with van der Waals surface area (Å²) in [6.07, 6.45) is 0.638. The Hall–Kier alpha value is -3.28. The topological polar surface area (TPSA) is 77.8 Å². The van der Waals surface area contributed by atoms with Crippen LogP contribution in [0.4, 0.5) is 0 Å². The van der Waals surface area contributed by atoms with E-state index in [1.54, 1.807) is 6.92 Å². The average Bonchev–Trinajstić information content (AvgIpc) is 3.25. The van der Waals surface area contributed by atoms with Crippen molar-refractivity contribution in [2.45, 2.75) is 13.3 Å². The average molecular weight is 318 g/mol. The number of hydrogen-bond acceptors (Lipinski definition) is 6. The SMILES string of the molecule is Cc1nc(-c2ccc(Cc3nnoc3-c3ccccc3)cc2)no1. The second kappa shape index (κ2) is 6.08. The second-order valence-electron chi connectivity index (χ2n) is 5.43. The van der Waals surface area contributed by atoms with Crippen LogP contribution in [0.15, 0.2) is 63.6 Å². The number of hydrogen-bond donors (Lipinski definition) is 0. The van der Waals surface area contributed by atoms with Gasteiger partial charge in [0.1, 0.15) is 5.69 Å². The summed E-state index contributed by atoms with van der Waals surface area (Å²) in [7, 11) is 0. The minimum absolute atomic E-state index is 0.551. The van der Waals surface area contributed by atoms with Crippen molar-refractivity contribution in [3.05, 3.63) is 71.7 Å². The molecule has 24 heavy (non-hydrogen) atoms. The predicted molar refractivity (Wildman–Crippen MR) is 87.0 cm³/mol. The Bertz CT molecular complexity index is 943. The Morgan fingerprint density at radius 1 is 0.875 bits per heavy atom. The molecule has 0 aliphatic heterocycles. The van der Waals surface area contributed by atoms with E-state index in [2.05, 4.69) is 20.5 Å². The summed E-state index contributed by atoms with van der Waals surface area (Å²) < 4.78 is 10.3. The van der Waals surface area contributed by atoms with Crippen LogP contribution in [0.2, 0.25) is 0 Å². The van der Waals surface area contributed by atoms with Gasteiger partial charge in [-0.05, 0) is 5.56 Å². The Morgan fingerprint density at radius 2 is 1.67 bits per heavy atom. The molecule has 0 bridgehead atoms. The highest BCUT2D eigenvalue weighted by Crippen LogP contribution is 2.24. The third-order valence-corrected chi connectivity index (χ3v) is 3.70. The lowest BCUT2D eigenvalue weighted by Crippen LogP contribution is -1.92. The predicted octanol–water partition coefficient (Wildman–Crippen LogP) is 3.69. The molecule has 2 aromatic carbocycles. The van der Waals surface area contributed by atoms with Crippen molar-refractivity contribution in [3.63, 3.8) is 0 Å². The van der Waals surface area contributed by atoms with E-state index >= 15 is 0 Å². The molecule has 4 rings (SSSR count). The number of rotatable bonds is 4. The Balaban J connectivity index is 1.57. The lowest BCUT2D eigenvalue weighted by molar-refractivity contribution is 0.394. The van der Waals surface area contributed by atoms with Gasteiger partial charge in [0.15, 0.2) is 5.76 Å². The van der Waals surface area contributed by atoms with Gasteiger partial charge >= 0.3 is 0 Å². The van der Waals surface area contributed by atoms with E-state index in [1.165, 1.54) is 0 Å². The van der Waals surface area contributed by atoms with Crippen LogP contribution in [-0.4, -0.2) is 20.5 Å². The van der Waals surface area contributed by atoms with Gasteiger partial charge in [-0.15, -0.1) is 5.10 Å². The first-order chi connectivity index (χ1) is 11.8. The molecule has 6 nitrogen and oxygen atoms in total. The van der Waals surface area contributed by atoms with Crippen molar-refractivity contribution in [1.29, 1.82) is 0 Å². The first kappa shape index (κ1) is 14.3. The molecule has 0 atom stereocenters. The van der Waals surface area contributed by atoms with Gasteiger partial charge in [0.05, 0.1) is 0 Å². The standard InChI is InChI=1S/C18H14N4O2/c1-12-19-18(21-23-12)15-9-7-13(8-10-15)11-16-17(24-22-20-16)14-5-3-2-4-6-14/h2-10H,11H2,1H3. The molecule has 0 N–H and O–H groups in total.